The van der Waals surface area contributed by atoms with Crippen LogP contribution in [0.5, 0.6) is 28.7 Å². The quantitative estimate of drug-likeness (QED) is 0.205. The van der Waals surface area contributed by atoms with Gasteiger partial charge in [-0.3, -0.25) is 4.79 Å². The van der Waals surface area contributed by atoms with Gasteiger partial charge < -0.3 is 25.2 Å². The third kappa shape index (κ3) is 4.20. The van der Waals surface area contributed by atoms with Crippen LogP contribution in [-0.4, -0.2) is 32.2 Å². The first-order valence-electron chi connectivity index (χ1n) is 9.36. The molecule has 0 radical (unpaired) electrons. The molecule has 0 aliphatic carbocycles. The monoisotopic (exact) mass is 420 g/mol. The standard InChI is InChI=1S/C24H20O7/c1-3-13-6-5-7-15(24(13)31-22(29)4-2)17-11-18(21(28)12-20(17)27)23(30)16-9-8-14(25)10-19(16)26/h4-12,25-28H,2-3H2,1H3. The second-order valence-corrected chi connectivity index (χ2v) is 6.69. The van der Waals surface area contributed by atoms with Crippen molar-refractivity contribution >= 4 is 11.8 Å². The van der Waals surface area contributed by atoms with Gasteiger partial charge >= 0.3 is 5.97 Å². The molecule has 0 atom stereocenters. The lowest BCUT2D eigenvalue weighted by molar-refractivity contribution is -0.128. The summed E-state index contributed by atoms with van der Waals surface area (Å²) in [7, 11) is 0. The van der Waals surface area contributed by atoms with Gasteiger partial charge in [0, 0.05) is 29.3 Å². The van der Waals surface area contributed by atoms with Crippen molar-refractivity contribution in [2.24, 2.45) is 0 Å². The highest BCUT2D eigenvalue weighted by Crippen LogP contribution is 2.42. The smallest absolute Gasteiger partial charge is 0.335 e. The lowest BCUT2D eigenvalue weighted by Crippen LogP contribution is -2.07. The molecule has 0 heterocycles. The topological polar surface area (TPSA) is 124 Å². The van der Waals surface area contributed by atoms with Crippen molar-refractivity contribution in [3.63, 3.8) is 0 Å². The SMILES string of the molecule is C=CC(=O)Oc1c(CC)cccc1-c1cc(C(=O)c2ccc(O)cc2O)c(O)cc1O. The Morgan fingerprint density at radius 1 is 0.903 bits per heavy atom. The molecule has 0 aliphatic rings. The first kappa shape index (κ1) is 21.4. The van der Waals surface area contributed by atoms with E-state index in [1.54, 1.807) is 18.2 Å². The molecule has 0 aliphatic heterocycles. The molecule has 3 aromatic carbocycles. The lowest BCUT2D eigenvalue weighted by Gasteiger charge is -2.16. The third-order valence-electron chi connectivity index (χ3n) is 4.72. The number of hydrogen-bond acceptors (Lipinski definition) is 7. The first-order chi connectivity index (χ1) is 14.8. The predicted octanol–water partition coefficient (Wildman–Crippen LogP) is 4.06. The molecule has 0 aromatic heterocycles. The van der Waals surface area contributed by atoms with Crippen molar-refractivity contribution in [2.45, 2.75) is 13.3 Å². The van der Waals surface area contributed by atoms with Gasteiger partial charge in [-0.15, -0.1) is 0 Å². The van der Waals surface area contributed by atoms with E-state index < -0.39 is 23.3 Å². The number of phenolic OH excluding ortho intramolecular Hbond substituents is 4. The van der Waals surface area contributed by atoms with Gasteiger partial charge in [0.05, 0.1) is 11.1 Å². The van der Waals surface area contributed by atoms with E-state index in [-0.39, 0.29) is 33.9 Å². The Balaban J connectivity index is 2.19. The molecule has 4 N–H and O–H groups in total. The normalized spacial score (nSPS) is 10.5. The van der Waals surface area contributed by atoms with Gasteiger partial charge in [0.2, 0.25) is 0 Å². The third-order valence-corrected chi connectivity index (χ3v) is 4.72. The van der Waals surface area contributed by atoms with Crippen LogP contribution in [0.4, 0.5) is 0 Å². The Bertz CT molecular complexity index is 1190. The molecular formula is C24H20O7. The van der Waals surface area contributed by atoms with Gasteiger partial charge in [-0.2, -0.15) is 0 Å². The van der Waals surface area contributed by atoms with Crippen molar-refractivity contribution in [3.05, 3.63) is 77.9 Å². The fourth-order valence-corrected chi connectivity index (χ4v) is 3.17. The Morgan fingerprint density at radius 3 is 2.26 bits per heavy atom. The van der Waals surface area contributed by atoms with E-state index in [2.05, 4.69) is 6.58 Å². The number of ketones is 1. The zero-order chi connectivity index (χ0) is 22.7. The maximum absolute atomic E-state index is 12.9. The van der Waals surface area contributed by atoms with Crippen LogP contribution in [0.15, 0.2) is 61.2 Å². The van der Waals surface area contributed by atoms with E-state index in [0.29, 0.717) is 17.5 Å². The van der Waals surface area contributed by atoms with E-state index >= 15 is 0 Å². The van der Waals surface area contributed by atoms with E-state index in [4.69, 9.17) is 4.74 Å². The number of aryl methyl sites for hydroxylation is 1. The zero-order valence-electron chi connectivity index (χ0n) is 16.6. The highest BCUT2D eigenvalue weighted by atomic mass is 16.5. The summed E-state index contributed by atoms with van der Waals surface area (Å²) >= 11 is 0. The largest absolute Gasteiger partial charge is 0.508 e. The van der Waals surface area contributed by atoms with E-state index in [1.807, 2.05) is 6.92 Å². The molecule has 7 nitrogen and oxygen atoms in total. The van der Waals surface area contributed by atoms with E-state index in [1.165, 1.54) is 18.2 Å². The van der Waals surface area contributed by atoms with Crippen LogP contribution in [0, 0.1) is 0 Å². The van der Waals surface area contributed by atoms with Gasteiger partial charge in [0.25, 0.3) is 0 Å². The summed E-state index contributed by atoms with van der Waals surface area (Å²) in [5.41, 5.74) is 0.809. The number of carbonyl (C=O) groups is 2. The molecule has 0 bridgehead atoms. The number of benzene rings is 3. The molecule has 7 heteroatoms. The van der Waals surface area contributed by atoms with E-state index in [9.17, 15) is 30.0 Å². The van der Waals surface area contributed by atoms with Gasteiger partial charge in [0.15, 0.2) is 5.78 Å². The number of carbonyl (C=O) groups excluding carboxylic acids is 2. The number of aromatic hydroxyl groups is 4. The maximum Gasteiger partial charge on any atom is 0.335 e. The molecule has 0 spiro atoms. The van der Waals surface area contributed by atoms with Crippen LogP contribution < -0.4 is 4.74 Å². The summed E-state index contributed by atoms with van der Waals surface area (Å²) in [5.74, 6) is -2.76. The van der Waals surface area contributed by atoms with Crippen molar-refractivity contribution < 1.29 is 34.8 Å². The lowest BCUT2D eigenvalue weighted by atomic mass is 9.94. The number of ether oxygens (including phenoxy) is 1. The Morgan fingerprint density at radius 2 is 1.61 bits per heavy atom. The predicted molar refractivity (Wildman–Crippen MR) is 114 cm³/mol. The van der Waals surface area contributed by atoms with Crippen molar-refractivity contribution in [1.29, 1.82) is 0 Å². The second kappa shape index (κ2) is 8.62. The number of phenols is 4. The Kier molecular flexibility index (Phi) is 5.97. The molecule has 0 unspecified atom stereocenters. The summed E-state index contributed by atoms with van der Waals surface area (Å²) in [6.07, 6.45) is 1.54. The summed E-state index contributed by atoms with van der Waals surface area (Å²) < 4.78 is 5.39. The number of rotatable bonds is 6. The molecule has 0 saturated heterocycles. The van der Waals surface area contributed by atoms with Crippen molar-refractivity contribution in [1.82, 2.24) is 0 Å². The fourth-order valence-electron chi connectivity index (χ4n) is 3.17. The van der Waals surface area contributed by atoms with Gasteiger partial charge in [-0.05, 0) is 30.2 Å². The number of hydrogen-bond donors (Lipinski definition) is 4. The molecule has 0 saturated carbocycles. The van der Waals surface area contributed by atoms with Gasteiger partial charge in [-0.25, -0.2) is 4.79 Å². The minimum absolute atomic E-state index is 0.140. The van der Waals surface area contributed by atoms with Crippen LogP contribution in [-0.2, 0) is 11.2 Å². The van der Waals surface area contributed by atoms with Crippen LogP contribution in [0.25, 0.3) is 11.1 Å². The summed E-state index contributed by atoms with van der Waals surface area (Å²) in [6.45, 7) is 5.25. The maximum atomic E-state index is 12.9. The highest BCUT2D eigenvalue weighted by Gasteiger charge is 2.23. The Labute approximate surface area is 178 Å². The van der Waals surface area contributed by atoms with Crippen LogP contribution >= 0.6 is 0 Å². The van der Waals surface area contributed by atoms with Gasteiger partial charge in [-0.1, -0.05) is 31.7 Å². The number of esters is 1. The van der Waals surface area contributed by atoms with Crippen LogP contribution in [0.3, 0.4) is 0 Å². The molecule has 0 fully saturated rings. The average Bonchev–Trinajstić information content (AvgIpc) is 2.73. The van der Waals surface area contributed by atoms with E-state index in [0.717, 1.165) is 18.2 Å². The summed E-state index contributed by atoms with van der Waals surface area (Å²) in [4.78, 5) is 24.8. The zero-order valence-corrected chi connectivity index (χ0v) is 16.6. The highest BCUT2D eigenvalue weighted by molar-refractivity contribution is 6.13. The van der Waals surface area contributed by atoms with Gasteiger partial charge in [0.1, 0.15) is 28.7 Å². The first-order valence-corrected chi connectivity index (χ1v) is 9.36. The molecule has 31 heavy (non-hydrogen) atoms. The van der Waals surface area contributed by atoms with Crippen LogP contribution in [0.2, 0.25) is 0 Å². The second-order valence-electron chi connectivity index (χ2n) is 6.69. The van der Waals surface area contributed by atoms with Crippen LogP contribution in [0.1, 0.15) is 28.4 Å². The molecule has 158 valence electrons. The Hall–Kier alpha value is -4.26. The minimum Gasteiger partial charge on any atom is -0.508 e. The summed E-state index contributed by atoms with van der Waals surface area (Å²) in [6, 6.07) is 10.8. The number of para-hydroxylation sites is 1. The minimum atomic E-state index is -0.729. The fraction of sp³-hybridized carbons (Fsp3) is 0.0833. The van der Waals surface area contributed by atoms with Crippen molar-refractivity contribution in [2.75, 3.05) is 0 Å². The molecular weight excluding hydrogens is 400 g/mol. The van der Waals surface area contributed by atoms with Crippen molar-refractivity contribution in [3.8, 4) is 39.9 Å². The molecule has 0 amide bonds. The molecule has 3 aromatic rings. The summed E-state index contributed by atoms with van der Waals surface area (Å²) in [5, 5.41) is 40.2. The molecule has 3 rings (SSSR count). The average molecular weight is 420 g/mol.